The van der Waals surface area contributed by atoms with E-state index in [9.17, 15) is 4.79 Å². The summed E-state index contributed by atoms with van der Waals surface area (Å²) < 4.78 is 5.51. The molecule has 0 spiro atoms. The van der Waals surface area contributed by atoms with Crippen LogP contribution in [0.3, 0.4) is 0 Å². The maximum atomic E-state index is 11.8. The highest BCUT2D eigenvalue weighted by Crippen LogP contribution is 2.41. The molecule has 0 atom stereocenters. The van der Waals surface area contributed by atoms with Crippen LogP contribution in [0.4, 0.5) is 0 Å². The van der Waals surface area contributed by atoms with Crippen molar-refractivity contribution in [3.05, 3.63) is 93.1 Å². The van der Waals surface area contributed by atoms with E-state index in [0.29, 0.717) is 6.42 Å². The van der Waals surface area contributed by atoms with Crippen molar-refractivity contribution in [2.75, 3.05) is 6.61 Å². The zero-order valence-corrected chi connectivity index (χ0v) is 30.0. The Labute approximate surface area is 284 Å². The molecule has 3 aromatic heterocycles. The van der Waals surface area contributed by atoms with E-state index in [4.69, 9.17) is 14.7 Å². The summed E-state index contributed by atoms with van der Waals surface area (Å²) in [6, 6.07) is 15.2. The lowest BCUT2D eigenvalue weighted by Gasteiger charge is -2.11. The molecule has 2 aliphatic rings. The van der Waals surface area contributed by atoms with Crippen LogP contribution < -0.4 is 0 Å². The minimum atomic E-state index is -0.280. The SMILES string of the molecule is CCC1=C(C)c2cc3[nH]c(c(CC)c3C)c(-c3ccccc3)c3[nH]c(cc4nc(c(CCOC(C)=O)c1n2)C(CC)=C4C)c(C)c3CC. The van der Waals surface area contributed by atoms with Crippen LogP contribution in [-0.2, 0) is 28.8 Å². The Kier molecular flexibility index (Phi) is 9.28. The van der Waals surface area contributed by atoms with E-state index in [-0.39, 0.29) is 12.6 Å². The molecule has 0 fully saturated rings. The topological polar surface area (TPSA) is 83.7 Å². The average Bonchev–Trinajstić information content (AvgIpc) is 3.76. The van der Waals surface area contributed by atoms with Crippen LogP contribution in [0.2, 0.25) is 0 Å². The third-order valence-electron chi connectivity index (χ3n) is 10.3. The van der Waals surface area contributed by atoms with Crippen molar-refractivity contribution in [1.82, 2.24) is 19.9 Å². The molecule has 0 saturated heterocycles. The number of esters is 1. The van der Waals surface area contributed by atoms with Crippen LogP contribution in [0, 0.1) is 13.8 Å². The number of hydrogen-bond donors (Lipinski definition) is 2. The highest BCUT2D eigenvalue weighted by atomic mass is 16.5. The van der Waals surface area contributed by atoms with Gasteiger partial charge < -0.3 is 14.7 Å². The lowest BCUT2D eigenvalue weighted by atomic mass is 9.94. The molecular weight excluding hydrogens is 592 g/mol. The summed E-state index contributed by atoms with van der Waals surface area (Å²) in [5.41, 5.74) is 21.6. The first-order valence-corrected chi connectivity index (χ1v) is 17.5. The Hall–Kier alpha value is -4.71. The number of aromatic nitrogens is 4. The van der Waals surface area contributed by atoms with Crippen LogP contribution in [-0.4, -0.2) is 32.5 Å². The van der Waals surface area contributed by atoms with Crippen molar-refractivity contribution in [2.45, 2.75) is 94.4 Å². The molecule has 248 valence electrons. The average molecular weight is 641 g/mol. The molecule has 48 heavy (non-hydrogen) atoms. The normalized spacial score (nSPS) is 13.1. The number of hydrogen-bond acceptors (Lipinski definition) is 4. The van der Waals surface area contributed by atoms with Gasteiger partial charge in [0.2, 0.25) is 0 Å². The smallest absolute Gasteiger partial charge is 0.302 e. The molecule has 0 radical (unpaired) electrons. The number of aromatic amines is 2. The number of fused-ring (bicyclic) bond motifs is 8. The van der Waals surface area contributed by atoms with E-state index in [2.05, 4.69) is 108 Å². The van der Waals surface area contributed by atoms with Crippen molar-refractivity contribution in [1.29, 1.82) is 0 Å². The van der Waals surface area contributed by atoms with Crippen LogP contribution in [0.1, 0.15) is 112 Å². The van der Waals surface area contributed by atoms with Crippen LogP contribution in [0.25, 0.3) is 55.5 Å². The standard InChI is InChI=1S/C42H48N4O2/c1-10-29-23(5)34-21-36-25(7)31(12-3)41(45-36)38(28-17-15-14-16-18-28)42-32(13-4)26(8)37(46-42)22-35-24(6)30(11-2)40(44-35)33(39(29)43-34)19-20-48-27(9)47/h14-18,21-22,45-46H,10-13,19-20H2,1-9H3. The summed E-state index contributed by atoms with van der Waals surface area (Å²) in [5.74, 6) is -0.280. The van der Waals surface area contributed by atoms with Gasteiger partial charge >= 0.3 is 5.97 Å². The van der Waals surface area contributed by atoms with E-state index in [1.165, 1.54) is 62.6 Å². The van der Waals surface area contributed by atoms with Crippen molar-refractivity contribution < 1.29 is 9.53 Å². The molecule has 6 nitrogen and oxygen atoms in total. The number of H-pyrrole nitrogens is 2. The first kappa shape index (κ1) is 33.2. The minimum absolute atomic E-state index is 0.280. The molecule has 4 aromatic rings. The fraction of sp³-hybridized carbons (Fsp3) is 0.357. The number of ether oxygens (including phenoxy) is 1. The van der Waals surface area contributed by atoms with Gasteiger partial charge in [-0.05, 0) is 116 Å². The number of allylic oxidation sites excluding steroid dienone is 4. The zero-order chi connectivity index (χ0) is 34.3. The largest absolute Gasteiger partial charge is 0.466 e. The molecule has 6 rings (SSSR count). The highest BCUT2D eigenvalue weighted by Gasteiger charge is 2.26. The van der Waals surface area contributed by atoms with Gasteiger partial charge in [-0.3, -0.25) is 4.79 Å². The molecule has 8 bridgehead atoms. The second kappa shape index (κ2) is 13.4. The third-order valence-corrected chi connectivity index (χ3v) is 10.3. The number of rotatable bonds is 8. The summed E-state index contributed by atoms with van der Waals surface area (Å²) in [6.07, 6.45) is 4.01. The lowest BCUT2D eigenvalue weighted by Crippen LogP contribution is -2.07. The second-order valence-electron chi connectivity index (χ2n) is 12.9. The molecule has 0 amide bonds. The van der Waals surface area contributed by atoms with Gasteiger partial charge in [-0.25, -0.2) is 9.97 Å². The van der Waals surface area contributed by atoms with E-state index >= 15 is 0 Å². The minimum Gasteiger partial charge on any atom is -0.466 e. The van der Waals surface area contributed by atoms with E-state index in [0.717, 1.165) is 76.1 Å². The Morgan fingerprint density at radius 2 is 1.17 bits per heavy atom. The highest BCUT2D eigenvalue weighted by molar-refractivity contribution is 6.00. The van der Waals surface area contributed by atoms with Crippen LogP contribution in [0.5, 0.6) is 0 Å². The number of nitrogens with one attached hydrogen (secondary N) is 2. The molecule has 0 unspecified atom stereocenters. The lowest BCUT2D eigenvalue weighted by molar-refractivity contribution is -0.140. The van der Waals surface area contributed by atoms with Gasteiger partial charge in [0, 0.05) is 35.5 Å². The first-order valence-electron chi connectivity index (χ1n) is 17.5. The molecule has 2 N–H and O–H groups in total. The van der Waals surface area contributed by atoms with E-state index < -0.39 is 0 Å². The van der Waals surface area contributed by atoms with Gasteiger partial charge in [-0.1, -0.05) is 58.0 Å². The van der Waals surface area contributed by atoms with Crippen LogP contribution in [0.15, 0.2) is 42.5 Å². The number of aryl methyl sites for hydroxylation is 4. The summed E-state index contributed by atoms with van der Waals surface area (Å²) in [4.78, 5) is 30.4. The molecule has 6 heteroatoms. The number of carbonyl (C=O) groups excluding carboxylic acids is 1. The fourth-order valence-corrected chi connectivity index (χ4v) is 7.70. The van der Waals surface area contributed by atoms with Crippen LogP contribution >= 0.6 is 0 Å². The zero-order valence-electron chi connectivity index (χ0n) is 30.0. The maximum absolute atomic E-state index is 11.8. The monoisotopic (exact) mass is 640 g/mol. The summed E-state index contributed by atoms with van der Waals surface area (Å²) in [5, 5.41) is 0. The van der Waals surface area contributed by atoms with Crippen molar-refractivity contribution in [3.63, 3.8) is 0 Å². The van der Waals surface area contributed by atoms with Gasteiger partial charge in [0.15, 0.2) is 0 Å². The Balaban J connectivity index is 1.87. The number of carbonyl (C=O) groups is 1. The quantitative estimate of drug-likeness (QED) is 0.188. The molecule has 0 saturated carbocycles. The van der Waals surface area contributed by atoms with Crippen molar-refractivity contribution in [2.24, 2.45) is 0 Å². The predicted molar refractivity (Wildman–Crippen MR) is 201 cm³/mol. The second-order valence-corrected chi connectivity index (χ2v) is 12.9. The Morgan fingerprint density at radius 3 is 1.58 bits per heavy atom. The maximum Gasteiger partial charge on any atom is 0.302 e. The third kappa shape index (κ3) is 5.61. The first-order chi connectivity index (χ1) is 23.1. The summed E-state index contributed by atoms with van der Waals surface area (Å²) in [6.45, 7) is 19.4. The summed E-state index contributed by atoms with van der Waals surface area (Å²) >= 11 is 0. The molecule has 5 heterocycles. The Morgan fingerprint density at radius 1 is 0.688 bits per heavy atom. The molecule has 2 aliphatic heterocycles. The molecule has 0 aliphatic carbocycles. The fourth-order valence-electron chi connectivity index (χ4n) is 7.70. The van der Waals surface area contributed by atoms with Crippen molar-refractivity contribution in [3.8, 4) is 11.1 Å². The van der Waals surface area contributed by atoms with E-state index in [1.807, 2.05) is 0 Å². The summed E-state index contributed by atoms with van der Waals surface area (Å²) in [7, 11) is 0. The van der Waals surface area contributed by atoms with Crippen molar-refractivity contribution >= 4 is 50.3 Å². The van der Waals surface area contributed by atoms with E-state index in [1.54, 1.807) is 0 Å². The molecular formula is C42H48N4O2. The van der Waals surface area contributed by atoms with Gasteiger partial charge in [0.25, 0.3) is 0 Å². The molecule has 1 aromatic carbocycles. The predicted octanol–water partition coefficient (Wildman–Crippen LogP) is 10.5. The van der Waals surface area contributed by atoms with Gasteiger partial charge in [0.05, 0.1) is 40.4 Å². The van der Waals surface area contributed by atoms with Gasteiger partial charge in [0.1, 0.15) is 0 Å². The van der Waals surface area contributed by atoms with Gasteiger partial charge in [-0.15, -0.1) is 0 Å². The Bertz CT molecular complexity index is 2040. The number of benzene rings is 1. The number of nitrogens with zero attached hydrogens (tertiary/aromatic N) is 2. The van der Waals surface area contributed by atoms with Gasteiger partial charge in [-0.2, -0.15) is 0 Å².